The molecule has 9 nitrogen and oxygen atoms in total. The van der Waals surface area contributed by atoms with Crippen molar-refractivity contribution in [1.82, 2.24) is 24.7 Å². The van der Waals surface area contributed by atoms with Crippen molar-refractivity contribution in [1.29, 1.82) is 0 Å². The number of imidazole rings is 1. The number of aryl methyl sites for hydroxylation is 1. The molecule has 0 fully saturated rings. The predicted molar refractivity (Wildman–Crippen MR) is 58.3 cm³/mol. The Labute approximate surface area is 96.0 Å². The van der Waals surface area contributed by atoms with Crippen LogP contribution >= 0.6 is 0 Å². The Morgan fingerprint density at radius 1 is 1.59 bits per heavy atom. The van der Waals surface area contributed by atoms with Crippen molar-refractivity contribution in [3.8, 4) is 0 Å². The van der Waals surface area contributed by atoms with Crippen LogP contribution in [0.25, 0.3) is 0 Å². The molecule has 0 aliphatic rings. The van der Waals surface area contributed by atoms with Crippen LogP contribution in [0.1, 0.15) is 18.8 Å². The van der Waals surface area contributed by atoms with Crippen molar-refractivity contribution in [2.24, 2.45) is 7.05 Å². The molecule has 2 N–H and O–H groups in total. The molecule has 2 heterocycles. The summed E-state index contributed by atoms with van der Waals surface area (Å²) in [4.78, 5) is 17.9. The Bertz CT molecular complexity index is 518. The molecule has 0 saturated heterocycles. The lowest BCUT2D eigenvalue weighted by molar-refractivity contribution is -0.388. The highest BCUT2D eigenvalue weighted by atomic mass is 16.6. The van der Waals surface area contributed by atoms with Crippen LogP contribution in [0.2, 0.25) is 0 Å². The maximum absolute atomic E-state index is 10.8. The summed E-state index contributed by atoms with van der Waals surface area (Å²) in [6.45, 7) is 1.82. The highest BCUT2D eigenvalue weighted by molar-refractivity contribution is 5.52. The summed E-state index contributed by atoms with van der Waals surface area (Å²) in [6, 6.07) is -0.230. The van der Waals surface area contributed by atoms with Crippen LogP contribution in [0.5, 0.6) is 0 Å². The molecule has 2 rings (SSSR count). The fourth-order valence-corrected chi connectivity index (χ4v) is 1.41. The predicted octanol–water partition coefficient (Wildman–Crippen LogP) is 0.619. The lowest BCUT2D eigenvalue weighted by Gasteiger charge is -2.11. The number of anilines is 1. The molecule has 17 heavy (non-hydrogen) atoms. The van der Waals surface area contributed by atoms with E-state index in [4.69, 9.17) is 0 Å². The molecule has 0 saturated carbocycles. The van der Waals surface area contributed by atoms with E-state index in [9.17, 15) is 10.1 Å². The molecule has 90 valence electrons. The number of hydrogen-bond acceptors (Lipinski definition) is 6. The summed E-state index contributed by atoms with van der Waals surface area (Å²) in [5.41, 5.74) is 0. The second-order valence-electron chi connectivity index (χ2n) is 3.52. The molecule has 0 spiro atoms. The van der Waals surface area contributed by atoms with Crippen molar-refractivity contribution >= 4 is 11.6 Å². The van der Waals surface area contributed by atoms with E-state index in [1.54, 1.807) is 11.6 Å². The normalized spacial score (nSPS) is 12.4. The summed E-state index contributed by atoms with van der Waals surface area (Å²) >= 11 is 0. The summed E-state index contributed by atoms with van der Waals surface area (Å²) in [7, 11) is 1.68. The van der Waals surface area contributed by atoms with Crippen LogP contribution in [0.3, 0.4) is 0 Å². The molecule has 1 atom stereocenters. The van der Waals surface area contributed by atoms with Gasteiger partial charge in [0.1, 0.15) is 12.2 Å². The summed E-state index contributed by atoms with van der Waals surface area (Å²) in [5.74, 6) is 0.721. The minimum absolute atomic E-state index is 0.209. The first-order valence-corrected chi connectivity index (χ1v) is 4.87. The molecule has 1 unspecified atom stereocenters. The monoisotopic (exact) mass is 237 g/mol. The zero-order chi connectivity index (χ0) is 12.4. The van der Waals surface area contributed by atoms with E-state index in [0.29, 0.717) is 11.6 Å². The Hall–Kier alpha value is -2.45. The van der Waals surface area contributed by atoms with Crippen molar-refractivity contribution < 1.29 is 4.92 Å². The number of hydrogen-bond donors (Lipinski definition) is 2. The topological polar surface area (TPSA) is 115 Å². The highest BCUT2D eigenvalue weighted by Gasteiger charge is 2.22. The lowest BCUT2D eigenvalue weighted by Crippen LogP contribution is -2.12. The van der Waals surface area contributed by atoms with Gasteiger partial charge in [-0.05, 0) is 16.8 Å². The van der Waals surface area contributed by atoms with Gasteiger partial charge in [-0.3, -0.25) is 9.67 Å². The van der Waals surface area contributed by atoms with Gasteiger partial charge >= 0.3 is 5.82 Å². The van der Waals surface area contributed by atoms with E-state index < -0.39 is 4.92 Å². The summed E-state index contributed by atoms with van der Waals surface area (Å²) in [6.07, 6.45) is 2.76. The van der Waals surface area contributed by atoms with Crippen molar-refractivity contribution in [3.63, 3.8) is 0 Å². The smallest absolute Gasteiger partial charge is 0.358 e. The average Bonchev–Trinajstić information content (AvgIpc) is 2.89. The minimum atomic E-state index is -0.532. The first-order chi connectivity index (χ1) is 8.09. The van der Waals surface area contributed by atoms with Crippen LogP contribution in [-0.4, -0.2) is 29.7 Å². The van der Waals surface area contributed by atoms with Gasteiger partial charge in [0.25, 0.3) is 0 Å². The molecular formula is C8H11N7O2. The van der Waals surface area contributed by atoms with Crippen LogP contribution in [-0.2, 0) is 7.05 Å². The quantitative estimate of drug-likeness (QED) is 0.595. The number of aromatic amines is 1. The minimum Gasteiger partial charge on any atom is -0.358 e. The van der Waals surface area contributed by atoms with E-state index in [1.165, 1.54) is 12.7 Å². The number of nitrogens with one attached hydrogen (secondary N) is 2. The van der Waals surface area contributed by atoms with Gasteiger partial charge in [-0.25, -0.2) is 4.98 Å². The van der Waals surface area contributed by atoms with Gasteiger partial charge in [0, 0.05) is 7.05 Å². The molecule has 2 aromatic rings. The van der Waals surface area contributed by atoms with Gasteiger partial charge in [0.05, 0.1) is 6.04 Å². The third-order valence-electron chi connectivity index (χ3n) is 2.29. The molecule has 2 aromatic heterocycles. The zero-order valence-electron chi connectivity index (χ0n) is 9.28. The van der Waals surface area contributed by atoms with Crippen LogP contribution in [0, 0.1) is 10.1 Å². The second-order valence-corrected chi connectivity index (χ2v) is 3.52. The van der Waals surface area contributed by atoms with Gasteiger partial charge in [0.15, 0.2) is 0 Å². The number of nitro groups is 1. The Balaban J connectivity index is 2.24. The second kappa shape index (κ2) is 4.20. The van der Waals surface area contributed by atoms with Gasteiger partial charge in [-0.1, -0.05) is 0 Å². The number of nitrogens with zero attached hydrogens (tertiary/aromatic N) is 5. The van der Waals surface area contributed by atoms with E-state index >= 15 is 0 Å². The molecule has 0 amide bonds. The fraction of sp³-hybridized carbons (Fsp3) is 0.375. The summed E-state index contributed by atoms with van der Waals surface area (Å²) < 4.78 is 1.55. The highest BCUT2D eigenvalue weighted by Crippen LogP contribution is 2.24. The Morgan fingerprint density at radius 2 is 2.35 bits per heavy atom. The Morgan fingerprint density at radius 3 is 2.94 bits per heavy atom. The van der Waals surface area contributed by atoms with Gasteiger partial charge in [-0.15, -0.1) is 0 Å². The summed E-state index contributed by atoms with van der Waals surface area (Å²) in [5, 5.41) is 20.1. The third-order valence-corrected chi connectivity index (χ3v) is 2.29. The maximum atomic E-state index is 10.8. The first kappa shape index (κ1) is 11.0. The van der Waals surface area contributed by atoms with Crippen LogP contribution in [0.4, 0.5) is 11.6 Å². The van der Waals surface area contributed by atoms with E-state index in [1.807, 2.05) is 6.92 Å². The van der Waals surface area contributed by atoms with E-state index in [-0.39, 0.29) is 11.9 Å². The average molecular weight is 237 g/mol. The van der Waals surface area contributed by atoms with Gasteiger partial charge in [0.2, 0.25) is 12.1 Å². The SMILES string of the molecule is CC(Nc1c([N+](=O)[O-])ncn1C)c1ncn[nH]1. The number of rotatable bonds is 4. The fourth-order valence-electron chi connectivity index (χ4n) is 1.41. The largest absolute Gasteiger partial charge is 0.406 e. The molecule has 9 heteroatoms. The first-order valence-electron chi connectivity index (χ1n) is 4.87. The van der Waals surface area contributed by atoms with Crippen molar-refractivity contribution in [3.05, 3.63) is 28.6 Å². The van der Waals surface area contributed by atoms with E-state index in [2.05, 4.69) is 25.5 Å². The number of aromatic nitrogens is 5. The van der Waals surface area contributed by atoms with Crippen molar-refractivity contribution in [2.45, 2.75) is 13.0 Å². The van der Waals surface area contributed by atoms with Crippen molar-refractivity contribution in [2.75, 3.05) is 5.32 Å². The zero-order valence-corrected chi connectivity index (χ0v) is 9.28. The molecule has 0 aliphatic carbocycles. The van der Waals surface area contributed by atoms with Gasteiger partial charge in [-0.2, -0.15) is 5.10 Å². The number of H-pyrrole nitrogens is 1. The molecule has 0 aromatic carbocycles. The molecular weight excluding hydrogens is 226 g/mol. The lowest BCUT2D eigenvalue weighted by atomic mass is 10.3. The third kappa shape index (κ3) is 2.07. The van der Waals surface area contributed by atoms with Crippen LogP contribution < -0.4 is 5.32 Å². The van der Waals surface area contributed by atoms with Crippen LogP contribution in [0.15, 0.2) is 12.7 Å². The van der Waals surface area contributed by atoms with E-state index in [0.717, 1.165) is 0 Å². The maximum Gasteiger partial charge on any atom is 0.406 e. The van der Waals surface area contributed by atoms with Gasteiger partial charge < -0.3 is 15.4 Å². The molecule has 0 aliphatic heterocycles. The standard InChI is InChI=1S/C8H11N7O2/c1-5(6-9-3-11-13-6)12-8-7(15(16)17)10-4-14(8)2/h3-5,12H,1-2H3,(H,9,11,13). The Kier molecular flexibility index (Phi) is 2.73. The molecule has 0 bridgehead atoms. The molecule has 0 radical (unpaired) electrons.